The van der Waals surface area contributed by atoms with Crippen LogP contribution in [0.5, 0.6) is 0 Å². The average Bonchev–Trinajstić information content (AvgIpc) is 4.02. The molecular formula is C41H50N8O6. The van der Waals surface area contributed by atoms with Crippen molar-refractivity contribution in [2.24, 2.45) is 11.8 Å². The third kappa shape index (κ3) is 7.41. The van der Waals surface area contributed by atoms with Gasteiger partial charge in [-0.2, -0.15) is 0 Å². The van der Waals surface area contributed by atoms with Crippen LogP contribution in [-0.2, 0) is 25.5 Å². The topological polar surface area (TPSA) is 175 Å². The Balaban J connectivity index is 1.05. The molecule has 0 saturated carbocycles. The lowest BCUT2D eigenvalue weighted by atomic mass is 10.0. The number of carbonyl (C=O) groups excluding carboxylic acids is 4. The van der Waals surface area contributed by atoms with Gasteiger partial charge < -0.3 is 39.9 Å². The molecule has 2 aromatic heterocycles. The van der Waals surface area contributed by atoms with Gasteiger partial charge in [0.1, 0.15) is 23.7 Å². The maximum atomic E-state index is 13.6. The summed E-state index contributed by atoms with van der Waals surface area (Å²) in [6.45, 7) is 8.81. The number of fused-ring (bicyclic) bond motifs is 3. The van der Waals surface area contributed by atoms with Gasteiger partial charge in [0.25, 0.3) is 0 Å². The zero-order valence-electron chi connectivity index (χ0n) is 32.3. The quantitative estimate of drug-likeness (QED) is 0.132. The van der Waals surface area contributed by atoms with Crippen LogP contribution in [0, 0.1) is 11.8 Å². The molecule has 4 amide bonds. The number of aromatic amines is 2. The predicted molar refractivity (Wildman–Crippen MR) is 206 cm³/mol. The molecule has 4 N–H and O–H groups in total. The Morgan fingerprint density at radius 1 is 0.691 bits per heavy atom. The predicted octanol–water partition coefficient (Wildman–Crippen LogP) is 6.13. The fraction of sp³-hybridized carbons (Fsp3) is 0.463. The summed E-state index contributed by atoms with van der Waals surface area (Å²) in [6, 6.07) is 11.1. The van der Waals surface area contributed by atoms with E-state index < -0.39 is 24.3 Å². The SMILES string of the molecule is COC(=O)N[C@H](C(=O)N1CCCC1c1ncc(-c2ccc3c(c2)Cc2cc(-c4cnc([C@@H]5CCCN5C(=O)[C@@H](NC(=O)OC)C(C)C)[nH]4)ccc2-3)[nH]1)C(C)C. The maximum absolute atomic E-state index is 13.6. The van der Waals surface area contributed by atoms with Gasteiger partial charge in [-0.05, 0) is 89.5 Å². The summed E-state index contributed by atoms with van der Waals surface area (Å²) >= 11 is 0. The number of ether oxygens (including phenoxy) is 2. The Morgan fingerprint density at radius 3 is 1.49 bits per heavy atom. The van der Waals surface area contributed by atoms with Crippen LogP contribution in [-0.4, -0.2) is 93.1 Å². The maximum Gasteiger partial charge on any atom is 0.407 e. The van der Waals surface area contributed by atoms with Crippen molar-refractivity contribution in [1.82, 2.24) is 40.4 Å². The highest BCUT2D eigenvalue weighted by Crippen LogP contribution is 2.41. The first-order valence-electron chi connectivity index (χ1n) is 19.1. The molecular weight excluding hydrogens is 701 g/mol. The lowest BCUT2D eigenvalue weighted by Gasteiger charge is -2.30. The first kappa shape index (κ1) is 37.6. The van der Waals surface area contributed by atoms with Crippen molar-refractivity contribution in [3.05, 3.63) is 71.6 Å². The van der Waals surface area contributed by atoms with E-state index in [4.69, 9.17) is 19.4 Å². The van der Waals surface area contributed by atoms with Crippen LogP contribution in [0.25, 0.3) is 33.6 Å². The van der Waals surface area contributed by atoms with Crippen LogP contribution in [0.2, 0.25) is 0 Å². The van der Waals surface area contributed by atoms with Crippen molar-refractivity contribution in [3.8, 4) is 33.6 Å². The van der Waals surface area contributed by atoms with Crippen LogP contribution in [0.4, 0.5) is 9.59 Å². The Hall–Kier alpha value is -5.66. The Bertz CT molecular complexity index is 1940. The normalized spacial score (nSPS) is 18.6. The number of benzene rings is 2. The molecule has 4 aromatic rings. The summed E-state index contributed by atoms with van der Waals surface area (Å²) < 4.78 is 9.54. The molecule has 2 aromatic carbocycles. The second-order valence-electron chi connectivity index (χ2n) is 15.4. The molecule has 4 atom stereocenters. The third-order valence-corrected chi connectivity index (χ3v) is 11.2. The van der Waals surface area contributed by atoms with Gasteiger partial charge in [0.05, 0.1) is 50.1 Å². The molecule has 0 radical (unpaired) electrons. The zero-order valence-corrected chi connectivity index (χ0v) is 32.3. The van der Waals surface area contributed by atoms with E-state index in [1.165, 1.54) is 36.5 Å². The number of imidazole rings is 2. The highest BCUT2D eigenvalue weighted by molar-refractivity contribution is 5.87. The minimum absolute atomic E-state index is 0.106. The van der Waals surface area contributed by atoms with Gasteiger partial charge in [0, 0.05) is 13.1 Å². The summed E-state index contributed by atoms with van der Waals surface area (Å²) in [6.07, 6.45) is 6.46. The number of H-pyrrole nitrogens is 2. The Morgan fingerprint density at radius 2 is 1.11 bits per heavy atom. The number of carbonyl (C=O) groups is 4. The smallest absolute Gasteiger partial charge is 0.407 e. The number of aromatic nitrogens is 4. The zero-order chi connectivity index (χ0) is 39.0. The standard InChI is InChI=1S/C41H50N8O6/c1-22(2)34(46-40(52)54-5)38(50)48-15-7-9-32(48)36-42-20-30(44-36)24-11-13-28-26(17-24)19-27-18-25(12-14-29(27)28)31-21-43-37(45-31)33-10-8-16-49(33)39(51)35(23(3)4)47-41(53)55-6/h11-14,17-18,20-23,32-35H,7-10,15-16,19H2,1-6H3,(H,42,44)(H,43,45)(H,46,52)(H,47,53)/t32-,33?,34-,35-/m0/s1. The fourth-order valence-corrected chi connectivity index (χ4v) is 8.24. The van der Waals surface area contributed by atoms with E-state index in [-0.39, 0.29) is 35.7 Å². The Kier molecular flexibility index (Phi) is 10.7. The van der Waals surface area contributed by atoms with Crippen LogP contribution < -0.4 is 10.6 Å². The van der Waals surface area contributed by atoms with Gasteiger partial charge in [-0.15, -0.1) is 0 Å². The molecule has 1 aliphatic carbocycles. The molecule has 0 spiro atoms. The molecule has 55 heavy (non-hydrogen) atoms. The number of hydrogen-bond acceptors (Lipinski definition) is 8. The number of nitrogens with one attached hydrogen (secondary N) is 4. The van der Waals surface area contributed by atoms with Crippen LogP contribution >= 0.6 is 0 Å². The number of amides is 4. The molecule has 2 saturated heterocycles. The van der Waals surface area contributed by atoms with Crippen LogP contribution in [0.3, 0.4) is 0 Å². The summed E-state index contributed by atoms with van der Waals surface area (Å²) in [4.78, 5) is 71.3. The monoisotopic (exact) mass is 750 g/mol. The van der Waals surface area contributed by atoms with Crippen molar-refractivity contribution in [1.29, 1.82) is 0 Å². The van der Waals surface area contributed by atoms with Gasteiger partial charge in [-0.1, -0.05) is 52.0 Å². The van der Waals surface area contributed by atoms with Crippen LogP contribution in [0.15, 0.2) is 48.8 Å². The summed E-state index contributed by atoms with van der Waals surface area (Å²) in [5.41, 5.74) is 8.63. The van der Waals surface area contributed by atoms with Crippen molar-refractivity contribution in [2.45, 2.75) is 84.0 Å². The molecule has 2 aliphatic heterocycles. The first-order chi connectivity index (χ1) is 26.5. The van der Waals surface area contributed by atoms with Crippen molar-refractivity contribution < 1.29 is 28.7 Å². The fourth-order valence-electron chi connectivity index (χ4n) is 8.24. The van der Waals surface area contributed by atoms with Gasteiger partial charge in [0.15, 0.2) is 0 Å². The number of likely N-dealkylation sites (tertiary alicyclic amines) is 2. The van der Waals surface area contributed by atoms with E-state index in [2.05, 4.69) is 57.0 Å². The number of rotatable bonds is 10. The molecule has 290 valence electrons. The third-order valence-electron chi connectivity index (χ3n) is 11.2. The van der Waals surface area contributed by atoms with E-state index in [1.54, 1.807) is 0 Å². The largest absolute Gasteiger partial charge is 0.453 e. The molecule has 7 rings (SSSR count). The summed E-state index contributed by atoms with van der Waals surface area (Å²) in [5, 5.41) is 5.41. The van der Waals surface area contributed by atoms with E-state index in [0.717, 1.165) is 66.3 Å². The highest BCUT2D eigenvalue weighted by atomic mass is 16.5. The lowest BCUT2D eigenvalue weighted by Crippen LogP contribution is -2.51. The number of alkyl carbamates (subject to hydrolysis) is 2. The van der Waals surface area contributed by atoms with Gasteiger partial charge in [-0.25, -0.2) is 19.6 Å². The molecule has 2 fully saturated rings. The van der Waals surface area contributed by atoms with Gasteiger partial charge in [0.2, 0.25) is 11.8 Å². The number of hydrogen-bond donors (Lipinski definition) is 4. The van der Waals surface area contributed by atoms with Crippen molar-refractivity contribution >= 4 is 24.0 Å². The summed E-state index contributed by atoms with van der Waals surface area (Å²) in [7, 11) is 2.59. The minimum atomic E-state index is -0.689. The summed E-state index contributed by atoms with van der Waals surface area (Å²) in [5.74, 6) is 0.980. The number of methoxy groups -OCH3 is 2. The Labute approximate surface area is 320 Å². The van der Waals surface area contributed by atoms with Crippen molar-refractivity contribution in [2.75, 3.05) is 27.3 Å². The average molecular weight is 751 g/mol. The molecule has 3 aliphatic rings. The van der Waals surface area contributed by atoms with Gasteiger partial charge in [-0.3, -0.25) is 9.59 Å². The highest BCUT2D eigenvalue weighted by Gasteiger charge is 2.39. The van der Waals surface area contributed by atoms with E-state index in [0.29, 0.717) is 13.1 Å². The molecule has 4 heterocycles. The van der Waals surface area contributed by atoms with E-state index in [1.807, 2.05) is 49.9 Å². The molecule has 14 nitrogen and oxygen atoms in total. The second-order valence-corrected chi connectivity index (χ2v) is 15.4. The lowest BCUT2D eigenvalue weighted by molar-refractivity contribution is -0.136. The van der Waals surface area contributed by atoms with Crippen molar-refractivity contribution in [3.63, 3.8) is 0 Å². The molecule has 14 heteroatoms. The number of nitrogens with zero attached hydrogens (tertiary/aromatic N) is 4. The van der Waals surface area contributed by atoms with Crippen LogP contribution in [0.1, 0.15) is 88.2 Å². The second kappa shape index (κ2) is 15.6. The van der Waals surface area contributed by atoms with E-state index in [9.17, 15) is 19.2 Å². The minimum Gasteiger partial charge on any atom is -0.453 e. The molecule has 0 bridgehead atoms. The van der Waals surface area contributed by atoms with Gasteiger partial charge >= 0.3 is 12.2 Å². The molecule has 1 unspecified atom stereocenters. The first-order valence-corrected chi connectivity index (χ1v) is 19.1. The van der Waals surface area contributed by atoms with E-state index >= 15 is 0 Å².